The molecule has 0 radical (unpaired) electrons. The molecule has 0 amide bonds. The number of aliphatic hydroxyl groups excluding tert-OH is 1. The molecular formula is C7H14O3. The van der Waals surface area contributed by atoms with Crippen LogP contribution in [0, 0.1) is 0 Å². The van der Waals surface area contributed by atoms with Crippen LogP contribution in [0.3, 0.4) is 0 Å². The topological polar surface area (TPSA) is 38.7 Å². The molecule has 0 spiro atoms. The minimum atomic E-state index is -0.243. The van der Waals surface area contributed by atoms with E-state index in [9.17, 15) is 0 Å². The van der Waals surface area contributed by atoms with Crippen molar-refractivity contribution in [2.75, 3.05) is 13.2 Å². The van der Waals surface area contributed by atoms with Crippen LogP contribution in [-0.4, -0.2) is 30.7 Å². The summed E-state index contributed by atoms with van der Waals surface area (Å²) < 4.78 is 10.3. The van der Waals surface area contributed by atoms with Crippen LogP contribution in [0.25, 0.3) is 0 Å². The average molecular weight is 146 g/mol. The molecule has 0 bridgehead atoms. The Morgan fingerprint density at radius 3 is 2.60 bits per heavy atom. The Morgan fingerprint density at radius 1 is 1.50 bits per heavy atom. The van der Waals surface area contributed by atoms with E-state index in [0.717, 1.165) is 12.8 Å². The van der Waals surface area contributed by atoms with Crippen LogP contribution in [0.4, 0.5) is 0 Å². The molecule has 1 rings (SSSR count). The summed E-state index contributed by atoms with van der Waals surface area (Å²) in [5.41, 5.74) is 0. The van der Waals surface area contributed by atoms with Gasteiger partial charge in [0.05, 0.1) is 19.3 Å². The SMILES string of the molecule is CC(O)CCC1OCCO1. The van der Waals surface area contributed by atoms with Crippen LogP contribution >= 0.6 is 0 Å². The second-order valence-electron chi connectivity index (χ2n) is 2.60. The Morgan fingerprint density at radius 2 is 2.10 bits per heavy atom. The molecule has 1 N–H and O–H groups in total. The summed E-state index contributed by atoms with van der Waals surface area (Å²) in [5, 5.41) is 8.90. The molecule has 0 aliphatic carbocycles. The standard InChI is InChI=1S/C7H14O3/c1-6(8)2-3-7-9-4-5-10-7/h6-8H,2-5H2,1H3. The van der Waals surface area contributed by atoms with Gasteiger partial charge in [0.2, 0.25) is 0 Å². The molecule has 1 fully saturated rings. The number of hydrogen-bond acceptors (Lipinski definition) is 3. The number of hydrogen-bond donors (Lipinski definition) is 1. The Kier molecular flexibility index (Phi) is 3.12. The van der Waals surface area contributed by atoms with E-state index in [4.69, 9.17) is 14.6 Å². The van der Waals surface area contributed by atoms with Crippen LogP contribution < -0.4 is 0 Å². The van der Waals surface area contributed by atoms with Gasteiger partial charge in [0.15, 0.2) is 6.29 Å². The zero-order valence-corrected chi connectivity index (χ0v) is 6.25. The van der Waals surface area contributed by atoms with Gasteiger partial charge in [-0.25, -0.2) is 0 Å². The van der Waals surface area contributed by atoms with Crippen molar-refractivity contribution in [3.63, 3.8) is 0 Å². The Balaban J connectivity index is 2.01. The molecule has 0 saturated carbocycles. The predicted octanol–water partition coefficient (Wildman–Crippen LogP) is 0.520. The predicted molar refractivity (Wildman–Crippen MR) is 36.6 cm³/mol. The van der Waals surface area contributed by atoms with E-state index in [1.54, 1.807) is 6.92 Å². The summed E-state index contributed by atoms with van der Waals surface area (Å²) >= 11 is 0. The van der Waals surface area contributed by atoms with Crippen molar-refractivity contribution >= 4 is 0 Å². The van der Waals surface area contributed by atoms with Gasteiger partial charge in [-0.2, -0.15) is 0 Å². The van der Waals surface area contributed by atoms with Crippen LogP contribution in [0.15, 0.2) is 0 Å². The van der Waals surface area contributed by atoms with Crippen LogP contribution in [0.2, 0.25) is 0 Å². The average Bonchev–Trinajstić information content (AvgIpc) is 2.34. The fraction of sp³-hybridized carbons (Fsp3) is 1.00. The maximum absolute atomic E-state index is 8.90. The van der Waals surface area contributed by atoms with Gasteiger partial charge in [0.25, 0.3) is 0 Å². The minimum Gasteiger partial charge on any atom is -0.393 e. The van der Waals surface area contributed by atoms with Crippen molar-refractivity contribution in [3.8, 4) is 0 Å². The Labute approximate surface area is 60.9 Å². The molecule has 1 saturated heterocycles. The molecule has 60 valence electrons. The maximum atomic E-state index is 8.90. The molecule has 1 aliphatic heterocycles. The third-order valence-electron chi connectivity index (χ3n) is 1.51. The second-order valence-corrected chi connectivity index (χ2v) is 2.60. The van der Waals surface area contributed by atoms with Crippen LogP contribution in [0.5, 0.6) is 0 Å². The summed E-state index contributed by atoms with van der Waals surface area (Å²) in [6.07, 6.45) is 1.25. The lowest BCUT2D eigenvalue weighted by Crippen LogP contribution is -2.11. The van der Waals surface area contributed by atoms with Crippen molar-refractivity contribution < 1.29 is 14.6 Å². The molecule has 0 aromatic rings. The minimum absolute atomic E-state index is 0.0606. The summed E-state index contributed by atoms with van der Waals surface area (Å²) in [7, 11) is 0. The van der Waals surface area contributed by atoms with Crippen molar-refractivity contribution in [3.05, 3.63) is 0 Å². The smallest absolute Gasteiger partial charge is 0.157 e. The van der Waals surface area contributed by atoms with Crippen LogP contribution in [-0.2, 0) is 9.47 Å². The first kappa shape index (κ1) is 7.98. The zero-order valence-electron chi connectivity index (χ0n) is 6.25. The molecule has 1 aliphatic rings. The first-order valence-electron chi connectivity index (χ1n) is 3.70. The highest BCUT2D eigenvalue weighted by molar-refractivity contribution is 4.55. The van der Waals surface area contributed by atoms with Crippen LogP contribution in [0.1, 0.15) is 19.8 Å². The summed E-state index contributed by atoms with van der Waals surface area (Å²) in [6.45, 7) is 3.17. The van der Waals surface area contributed by atoms with Gasteiger partial charge in [0.1, 0.15) is 0 Å². The molecule has 0 aromatic carbocycles. The van der Waals surface area contributed by atoms with Crippen molar-refractivity contribution in [1.29, 1.82) is 0 Å². The van der Waals surface area contributed by atoms with Gasteiger partial charge >= 0.3 is 0 Å². The van der Waals surface area contributed by atoms with E-state index < -0.39 is 0 Å². The van der Waals surface area contributed by atoms with E-state index in [-0.39, 0.29) is 12.4 Å². The van der Waals surface area contributed by atoms with E-state index >= 15 is 0 Å². The van der Waals surface area contributed by atoms with Gasteiger partial charge in [-0.1, -0.05) is 0 Å². The normalized spacial score (nSPS) is 23.4. The molecule has 1 atom stereocenters. The van der Waals surface area contributed by atoms with E-state index in [0.29, 0.717) is 13.2 Å². The van der Waals surface area contributed by atoms with E-state index in [1.807, 2.05) is 0 Å². The monoisotopic (exact) mass is 146 g/mol. The second kappa shape index (κ2) is 3.91. The first-order chi connectivity index (χ1) is 4.79. The number of rotatable bonds is 3. The molecule has 1 heterocycles. The van der Waals surface area contributed by atoms with Gasteiger partial charge in [-0.15, -0.1) is 0 Å². The molecule has 1 unspecified atom stereocenters. The fourth-order valence-corrected chi connectivity index (χ4v) is 0.951. The van der Waals surface area contributed by atoms with Gasteiger partial charge < -0.3 is 14.6 Å². The lowest BCUT2D eigenvalue weighted by Gasteiger charge is -2.09. The first-order valence-corrected chi connectivity index (χ1v) is 3.70. The highest BCUT2D eigenvalue weighted by atomic mass is 16.7. The third kappa shape index (κ3) is 2.64. The lowest BCUT2D eigenvalue weighted by atomic mass is 10.2. The highest BCUT2D eigenvalue weighted by Gasteiger charge is 2.15. The summed E-state index contributed by atoms with van der Waals surface area (Å²) in [6, 6.07) is 0. The molecule has 10 heavy (non-hydrogen) atoms. The summed E-state index contributed by atoms with van der Waals surface area (Å²) in [4.78, 5) is 0. The lowest BCUT2D eigenvalue weighted by molar-refractivity contribution is -0.0531. The quantitative estimate of drug-likeness (QED) is 0.631. The van der Waals surface area contributed by atoms with Gasteiger partial charge in [-0.05, 0) is 13.3 Å². The fourth-order valence-electron chi connectivity index (χ4n) is 0.951. The number of aliphatic hydroxyl groups is 1. The van der Waals surface area contributed by atoms with Gasteiger partial charge in [0, 0.05) is 6.42 Å². The summed E-state index contributed by atoms with van der Waals surface area (Å²) in [5.74, 6) is 0. The number of ether oxygens (including phenoxy) is 2. The molecular weight excluding hydrogens is 132 g/mol. The van der Waals surface area contributed by atoms with Crippen molar-refractivity contribution in [2.24, 2.45) is 0 Å². The Bertz CT molecular complexity index is 86.9. The zero-order chi connectivity index (χ0) is 7.40. The van der Waals surface area contributed by atoms with Crippen molar-refractivity contribution in [2.45, 2.75) is 32.2 Å². The van der Waals surface area contributed by atoms with E-state index in [1.165, 1.54) is 0 Å². The largest absolute Gasteiger partial charge is 0.393 e. The molecule has 0 aromatic heterocycles. The highest BCUT2D eigenvalue weighted by Crippen LogP contribution is 2.11. The molecule has 3 nitrogen and oxygen atoms in total. The Hall–Kier alpha value is -0.120. The van der Waals surface area contributed by atoms with Crippen molar-refractivity contribution in [1.82, 2.24) is 0 Å². The van der Waals surface area contributed by atoms with E-state index in [2.05, 4.69) is 0 Å². The maximum Gasteiger partial charge on any atom is 0.157 e. The molecule has 3 heteroatoms. The van der Waals surface area contributed by atoms with Gasteiger partial charge in [-0.3, -0.25) is 0 Å². The third-order valence-corrected chi connectivity index (χ3v) is 1.51.